The molecule has 3 heterocycles. The van der Waals surface area contributed by atoms with E-state index < -0.39 is 24.6 Å². The number of rotatable bonds is 8. The van der Waals surface area contributed by atoms with Crippen LogP contribution in [0.25, 0.3) is 10.9 Å². The molecule has 0 amide bonds. The molecule has 0 bridgehead atoms. The van der Waals surface area contributed by atoms with Gasteiger partial charge in [0.25, 0.3) is 0 Å². The normalized spacial score (nSPS) is 12.6. The average molecular weight is 550 g/mol. The minimum absolute atomic E-state index is 0.0261. The van der Waals surface area contributed by atoms with E-state index in [4.69, 9.17) is 5.11 Å². The lowest BCUT2D eigenvalue weighted by atomic mass is 9.96. The van der Waals surface area contributed by atoms with E-state index in [1.165, 1.54) is 18.3 Å². The molecule has 4 rings (SSSR count). The second-order valence-corrected chi connectivity index (χ2v) is 10.4. The molecule has 0 spiro atoms. The van der Waals surface area contributed by atoms with Crippen LogP contribution in [-0.2, 0) is 6.05 Å². The van der Waals surface area contributed by atoms with Crippen LogP contribution in [0.5, 0.6) is 0 Å². The molecular formula is C27H26F3N9O. The second-order valence-electron chi connectivity index (χ2n) is 10.4. The van der Waals surface area contributed by atoms with Gasteiger partial charge in [0.1, 0.15) is 24.4 Å². The number of nitrogens with zero attached hydrogens (tertiary/aromatic N) is 7. The number of aliphatic hydroxyl groups is 1. The van der Waals surface area contributed by atoms with Gasteiger partial charge in [-0.25, -0.2) is 4.98 Å². The maximum Gasteiger partial charge on any atom is 0.367 e. The minimum atomic E-state index is -3.70. The van der Waals surface area contributed by atoms with Crippen molar-refractivity contribution in [1.82, 2.24) is 25.0 Å². The molecule has 1 atom stereocenters. The van der Waals surface area contributed by atoms with Crippen molar-refractivity contribution in [2.75, 3.05) is 23.8 Å². The summed E-state index contributed by atoms with van der Waals surface area (Å²) in [5, 5.41) is 43.1. The zero-order valence-corrected chi connectivity index (χ0v) is 22.2. The number of hydrogen-bond acceptors (Lipinski definition) is 9. The molecular weight excluding hydrogens is 523 g/mol. The highest BCUT2D eigenvalue weighted by atomic mass is 19.3. The van der Waals surface area contributed by atoms with Gasteiger partial charge in [0.05, 0.1) is 34.6 Å². The summed E-state index contributed by atoms with van der Waals surface area (Å²) in [6.45, 7) is 6.67. The molecule has 3 aromatic heterocycles. The van der Waals surface area contributed by atoms with Gasteiger partial charge in [0.2, 0.25) is 5.95 Å². The van der Waals surface area contributed by atoms with Gasteiger partial charge in [-0.15, -0.1) is 5.10 Å². The van der Waals surface area contributed by atoms with E-state index in [0.29, 0.717) is 34.4 Å². The van der Waals surface area contributed by atoms with Crippen molar-refractivity contribution in [3.05, 3.63) is 70.7 Å². The number of aromatic nitrogens is 5. The van der Waals surface area contributed by atoms with Crippen LogP contribution in [-0.4, -0.2) is 43.2 Å². The molecule has 206 valence electrons. The predicted octanol–water partition coefficient (Wildman–Crippen LogP) is 4.61. The van der Waals surface area contributed by atoms with Gasteiger partial charge >= 0.3 is 6.05 Å². The molecule has 4 aromatic rings. The molecule has 3 N–H and O–H groups in total. The summed E-state index contributed by atoms with van der Waals surface area (Å²) in [7, 11) is 0. The molecule has 1 aromatic carbocycles. The van der Waals surface area contributed by atoms with E-state index in [2.05, 4.69) is 43.1 Å². The molecule has 0 fully saturated rings. The molecule has 10 nitrogen and oxygen atoms in total. The van der Waals surface area contributed by atoms with Gasteiger partial charge in [-0.1, -0.05) is 32.1 Å². The fraction of sp³-hybridized carbons (Fsp3) is 0.333. The zero-order valence-electron chi connectivity index (χ0n) is 22.2. The Hall–Kier alpha value is -4.75. The number of nitrogens with one attached hydrogen (secondary N) is 2. The van der Waals surface area contributed by atoms with E-state index in [-0.39, 0.29) is 32.6 Å². The minimum Gasteiger partial charge on any atom is -0.388 e. The Bertz CT molecular complexity index is 1650. The van der Waals surface area contributed by atoms with Gasteiger partial charge in [-0.3, -0.25) is 4.98 Å². The molecule has 0 aliphatic heterocycles. The molecule has 0 aliphatic carbocycles. The van der Waals surface area contributed by atoms with Crippen LogP contribution < -0.4 is 10.6 Å². The van der Waals surface area contributed by atoms with E-state index in [1.807, 2.05) is 20.8 Å². The molecule has 0 saturated heterocycles. The summed E-state index contributed by atoms with van der Waals surface area (Å²) in [5.74, 6) is -0.724. The van der Waals surface area contributed by atoms with Gasteiger partial charge in [-0.2, -0.15) is 28.4 Å². The van der Waals surface area contributed by atoms with Crippen LogP contribution in [0.15, 0.2) is 36.7 Å². The molecule has 13 heteroatoms. The number of benzene rings is 1. The number of aliphatic hydroxyl groups excluding tert-OH is 1. The van der Waals surface area contributed by atoms with Crippen molar-refractivity contribution in [2.45, 2.75) is 39.8 Å². The Kier molecular flexibility index (Phi) is 7.62. The maximum absolute atomic E-state index is 14.1. The fourth-order valence-electron chi connectivity index (χ4n) is 4.07. The molecule has 0 aliphatic rings. The zero-order chi connectivity index (χ0) is 29.2. The molecule has 40 heavy (non-hydrogen) atoms. The Labute approximate surface area is 228 Å². The first-order chi connectivity index (χ1) is 18.9. The lowest BCUT2D eigenvalue weighted by Crippen LogP contribution is -2.27. The van der Waals surface area contributed by atoms with Crippen molar-refractivity contribution in [1.29, 1.82) is 10.5 Å². The van der Waals surface area contributed by atoms with Gasteiger partial charge in [0.15, 0.2) is 0 Å². The number of fused-ring (bicyclic) bond motifs is 1. The number of hydrogen-bond donors (Lipinski definition) is 3. The SMILES string of the molecule is Cc1nc(F)ccc1[C@H](Nc1cc(C#N)c2ncc(C#N)c(NCC(C)(C)C)c2c1)c1cn(C(F)(F)CO)nn1. The first-order valence-electron chi connectivity index (χ1n) is 12.2. The number of halogens is 3. The quantitative estimate of drug-likeness (QED) is 0.268. The third-order valence-corrected chi connectivity index (χ3v) is 6.05. The van der Waals surface area contributed by atoms with Crippen molar-refractivity contribution in [2.24, 2.45) is 5.41 Å². The number of anilines is 2. The lowest BCUT2D eigenvalue weighted by Gasteiger charge is -2.23. The van der Waals surface area contributed by atoms with E-state index >= 15 is 0 Å². The van der Waals surface area contributed by atoms with Crippen LogP contribution in [0.4, 0.5) is 24.5 Å². The predicted molar refractivity (Wildman–Crippen MR) is 141 cm³/mol. The van der Waals surface area contributed by atoms with Crippen LogP contribution in [0.1, 0.15) is 54.9 Å². The van der Waals surface area contributed by atoms with Crippen LogP contribution in [0, 0.1) is 40.9 Å². The van der Waals surface area contributed by atoms with E-state index in [1.54, 1.807) is 13.0 Å². The Balaban J connectivity index is 1.88. The van der Waals surface area contributed by atoms with Crippen LogP contribution in [0.2, 0.25) is 0 Å². The third-order valence-electron chi connectivity index (χ3n) is 6.05. The fourth-order valence-corrected chi connectivity index (χ4v) is 4.07. The molecule has 0 unspecified atom stereocenters. The average Bonchev–Trinajstić information content (AvgIpc) is 3.41. The smallest absolute Gasteiger partial charge is 0.367 e. The maximum atomic E-state index is 14.1. The number of nitriles is 2. The number of alkyl halides is 2. The van der Waals surface area contributed by atoms with Gasteiger partial charge < -0.3 is 15.7 Å². The Morgan fingerprint density at radius 1 is 1.12 bits per heavy atom. The highest BCUT2D eigenvalue weighted by Crippen LogP contribution is 2.35. The summed E-state index contributed by atoms with van der Waals surface area (Å²) in [6, 6.07) is 5.36. The summed E-state index contributed by atoms with van der Waals surface area (Å²) in [4.78, 5) is 8.17. The number of pyridine rings is 2. The molecule has 0 radical (unpaired) electrons. The lowest BCUT2D eigenvalue weighted by molar-refractivity contribution is -0.131. The summed E-state index contributed by atoms with van der Waals surface area (Å²) in [5.41, 5.74) is 2.29. The summed E-state index contributed by atoms with van der Waals surface area (Å²) >= 11 is 0. The van der Waals surface area contributed by atoms with Crippen molar-refractivity contribution >= 4 is 22.3 Å². The highest BCUT2D eigenvalue weighted by Gasteiger charge is 2.33. The second kappa shape index (κ2) is 10.8. The van der Waals surface area contributed by atoms with Crippen LogP contribution in [0.3, 0.4) is 0 Å². The largest absolute Gasteiger partial charge is 0.388 e. The standard InChI is InChI=1S/C27H26F3N9O/c1-15-19(5-6-22(28)35-15)25(21-12-39(38-37-21)27(29,30)14-40)36-18-7-16(9-31)23-20(8-18)24(17(10-32)11-33-23)34-13-26(2,3)4/h5-8,11-12,25,36,40H,13-14H2,1-4H3,(H,33,34)/t25-/m0/s1. The van der Waals surface area contributed by atoms with Crippen molar-refractivity contribution < 1.29 is 18.3 Å². The topological polar surface area (TPSA) is 148 Å². The third kappa shape index (κ3) is 5.80. The van der Waals surface area contributed by atoms with Crippen molar-refractivity contribution in [3.63, 3.8) is 0 Å². The van der Waals surface area contributed by atoms with Gasteiger partial charge in [-0.05, 0) is 30.5 Å². The van der Waals surface area contributed by atoms with Crippen molar-refractivity contribution in [3.8, 4) is 12.1 Å². The first kappa shape index (κ1) is 28.3. The highest BCUT2D eigenvalue weighted by molar-refractivity contribution is 5.99. The molecule has 0 saturated carbocycles. The van der Waals surface area contributed by atoms with E-state index in [9.17, 15) is 23.7 Å². The Morgan fingerprint density at radius 3 is 2.48 bits per heavy atom. The van der Waals surface area contributed by atoms with E-state index in [0.717, 1.165) is 12.3 Å². The summed E-state index contributed by atoms with van der Waals surface area (Å²) < 4.78 is 42.3. The van der Waals surface area contributed by atoms with Crippen LogP contribution >= 0.6 is 0 Å². The summed E-state index contributed by atoms with van der Waals surface area (Å²) in [6.07, 6.45) is 2.37. The van der Waals surface area contributed by atoms with Gasteiger partial charge in [0, 0.05) is 35.1 Å². The first-order valence-corrected chi connectivity index (χ1v) is 12.2. The Morgan fingerprint density at radius 2 is 1.85 bits per heavy atom. The monoisotopic (exact) mass is 549 g/mol. The number of aryl methyl sites for hydroxylation is 1.